The molecule has 18 heavy (non-hydrogen) atoms. The summed E-state index contributed by atoms with van der Waals surface area (Å²) in [6.07, 6.45) is 4.10. The van der Waals surface area contributed by atoms with Crippen molar-refractivity contribution in [2.75, 3.05) is 18.5 Å². The lowest BCUT2D eigenvalue weighted by atomic mass is 10.2. The van der Waals surface area contributed by atoms with Gasteiger partial charge < -0.3 is 4.90 Å². The average Bonchev–Trinajstić information content (AvgIpc) is 2.45. The van der Waals surface area contributed by atoms with Gasteiger partial charge in [0.2, 0.25) is 0 Å². The molecule has 0 aliphatic carbocycles. The van der Waals surface area contributed by atoms with Gasteiger partial charge in [0.25, 0.3) is 0 Å². The normalized spacial score (nSPS) is 9.78. The maximum absolute atomic E-state index is 9.00. The molecule has 0 amide bonds. The molecule has 0 aromatic carbocycles. The molecule has 0 saturated carbocycles. The number of anilines is 1. The van der Waals surface area contributed by atoms with E-state index >= 15 is 0 Å². The predicted molar refractivity (Wildman–Crippen MR) is 68.0 cm³/mol. The Bertz CT molecular complexity index is 547. The smallest absolute Gasteiger partial charge is 0.168 e. The van der Waals surface area contributed by atoms with E-state index in [4.69, 9.17) is 5.26 Å². The first-order valence-corrected chi connectivity index (χ1v) is 5.64. The van der Waals surface area contributed by atoms with Gasteiger partial charge in [-0.3, -0.25) is 4.98 Å². The van der Waals surface area contributed by atoms with Crippen LogP contribution in [0.5, 0.6) is 0 Å². The summed E-state index contributed by atoms with van der Waals surface area (Å²) in [6, 6.07) is 9.62. The molecular formula is C13H13N5. The molecule has 0 N–H and O–H groups in total. The molecule has 2 heterocycles. The second-order valence-corrected chi connectivity index (χ2v) is 3.87. The molecule has 2 aromatic heterocycles. The molecule has 0 aliphatic heterocycles. The van der Waals surface area contributed by atoms with Crippen LogP contribution < -0.4 is 4.90 Å². The zero-order valence-electron chi connectivity index (χ0n) is 10.1. The Morgan fingerprint density at radius 2 is 2.17 bits per heavy atom. The largest absolute Gasteiger partial charge is 0.357 e. The van der Waals surface area contributed by atoms with Crippen LogP contribution in [-0.2, 0) is 6.42 Å². The summed E-state index contributed by atoms with van der Waals surface area (Å²) >= 11 is 0. The van der Waals surface area contributed by atoms with Gasteiger partial charge in [0, 0.05) is 31.9 Å². The Labute approximate surface area is 106 Å². The number of likely N-dealkylation sites (N-methyl/N-ethyl adjacent to an activating group) is 1. The highest BCUT2D eigenvalue weighted by Crippen LogP contribution is 2.13. The van der Waals surface area contributed by atoms with Crippen LogP contribution in [0.4, 0.5) is 5.82 Å². The van der Waals surface area contributed by atoms with Crippen molar-refractivity contribution >= 4 is 5.82 Å². The van der Waals surface area contributed by atoms with Crippen molar-refractivity contribution in [3.63, 3.8) is 0 Å². The van der Waals surface area contributed by atoms with Crippen LogP contribution in [0.2, 0.25) is 0 Å². The fourth-order valence-corrected chi connectivity index (χ4v) is 1.63. The minimum Gasteiger partial charge on any atom is -0.357 e. The number of hydrogen-bond acceptors (Lipinski definition) is 5. The average molecular weight is 239 g/mol. The van der Waals surface area contributed by atoms with E-state index in [0.29, 0.717) is 11.4 Å². The molecule has 0 spiro atoms. The molecule has 5 heteroatoms. The Morgan fingerprint density at radius 1 is 1.28 bits per heavy atom. The standard InChI is InChI=1S/C13H13N5/c1-18(9-6-12-4-2-3-7-15-12)13-11(10-14)5-8-16-17-13/h2-5,7-8H,6,9H2,1H3. The zero-order valence-corrected chi connectivity index (χ0v) is 10.1. The van der Waals surface area contributed by atoms with Crippen LogP contribution >= 0.6 is 0 Å². The van der Waals surface area contributed by atoms with Crippen LogP contribution in [0.1, 0.15) is 11.3 Å². The van der Waals surface area contributed by atoms with E-state index in [2.05, 4.69) is 21.3 Å². The van der Waals surface area contributed by atoms with Gasteiger partial charge in [0.15, 0.2) is 5.82 Å². The SMILES string of the molecule is CN(CCc1ccccn1)c1nnccc1C#N. The Balaban J connectivity index is 2.04. The first-order valence-electron chi connectivity index (χ1n) is 5.64. The quantitative estimate of drug-likeness (QED) is 0.807. The van der Waals surface area contributed by atoms with E-state index in [9.17, 15) is 0 Å². The fourth-order valence-electron chi connectivity index (χ4n) is 1.63. The van der Waals surface area contributed by atoms with Gasteiger partial charge in [-0.05, 0) is 18.2 Å². The zero-order chi connectivity index (χ0) is 12.8. The maximum atomic E-state index is 9.00. The van der Waals surface area contributed by atoms with Crippen LogP contribution in [-0.4, -0.2) is 28.8 Å². The van der Waals surface area contributed by atoms with Crippen molar-refractivity contribution in [3.05, 3.63) is 47.9 Å². The fraction of sp³-hybridized carbons (Fsp3) is 0.231. The molecule has 0 saturated heterocycles. The molecule has 0 radical (unpaired) electrons. The Morgan fingerprint density at radius 3 is 2.89 bits per heavy atom. The molecule has 2 rings (SSSR count). The molecule has 0 unspecified atom stereocenters. The van der Waals surface area contributed by atoms with Crippen molar-refractivity contribution in [3.8, 4) is 6.07 Å². The van der Waals surface area contributed by atoms with Gasteiger partial charge in [-0.25, -0.2) is 0 Å². The van der Waals surface area contributed by atoms with Crippen molar-refractivity contribution in [1.29, 1.82) is 5.26 Å². The number of aromatic nitrogens is 3. The molecule has 0 bridgehead atoms. The Hall–Kier alpha value is -2.48. The first kappa shape index (κ1) is 12.0. The van der Waals surface area contributed by atoms with Crippen LogP contribution in [0, 0.1) is 11.3 Å². The third kappa shape index (κ3) is 2.80. The second-order valence-electron chi connectivity index (χ2n) is 3.87. The predicted octanol–water partition coefficient (Wildman–Crippen LogP) is 1.42. The molecule has 90 valence electrons. The summed E-state index contributed by atoms with van der Waals surface area (Å²) in [5.41, 5.74) is 1.56. The summed E-state index contributed by atoms with van der Waals surface area (Å²) in [6.45, 7) is 0.740. The van der Waals surface area contributed by atoms with Gasteiger partial charge in [0.05, 0.1) is 11.8 Å². The number of pyridine rings is 1. The lowest BCUT2D eigenvalue weighted by Gasteiger charge is -2.17. The lowest BCUT2D eigenvalue weighted by Crippen LogP contribution is -2.23. The lowest BCUT2D eigenvalue weighted by molar-refractivity contribution is 0.821. The van der Waals surface area contributed by atoms with Gasteiger partial charge in [-0.2, -0.15) is 10.4 Å². The second kappa shape index (κ2) is 5.73. The minimum absolute atomic E-state index is 0.536. The summed E-state index contributed by atoms with van der Waals surface area (Å²) < 4.78 is 0. The van der Waals surface area contributed by atoms with E-state index in [0.717, 1.165) is 18.7 Å². The number of hydrogen-bond donors (Lipinski definition) is 0. The maximum Gasteiger partial charge on any atom is 0.168 e. The van der Waals surface area contributed by atoms with Crippen LogP contribution in [0.15, 0.2) is 36.7 Å². The van der Waals surface area contributed by atoms with E-state index < -0.39 is 0 Å². The summed E-state index contributed by atoms with van der Waals surface area (Å²) in [4.78, 5) is 6.18. The minimum atomic E-state index is 0.536. The van der Waals surface area contributed by atoms with Crippen molar-refractivity contribution in [2.45, 2.75) is 6.42 Å². The van der Waals surface area contributed by atoms with E-state index in [1.165, 1.54) is 6.20 Å². The summed E-state index contributed by atoms with van der Waals surface area (Å²) in [7, 11) is 1.90. The van der Waals surface area contributed by atoms with Gasteiger partial charge in [0.1, 0.15) is 6.07 Å². The summed E-state index contributed by atoms with van der Waals surface area (Å²) in [5.74, 6) is 0.607. The molecule has 0 atom stereocenters. The molecule has 0 aliphatic rings. The van der Waals surface area contributed by atoms with Gasteiger partial charge >= 0.3 is 0 Å². The monoisotopic (exact) mass is 239 g/mol. The van der Waals surface area contributed by atoms with Gasteiger partial charge in [-0.1, -0.05) is 6.07 Å². The number of nitriles is 1. The van der Waals surface area contributed by atoms with Crippen LogP contribution in [0.25, 0.3) is 0 Å². The highest BCUT2D eigenvalue weighted by molar-refractivity contribution is 5.51. The molecular weight excluding hydrogens is 226 g/mol. The molecule has 2 aromatic rings. The van der Waals surface area contributed by atoms with Crippen LogP contribution in [0.3, 0.4) is 0 Å². The third-order valence-corrected chi connectivity index (χ3v) is 2.61. The van der Waals surface area contributed by atoms with Crippen molar-refractivity contribution in [1.82, 2.24) is 15.2 Å². The topological polar surface area (TPSA) is 65.7 Å². The molecule has 0 fully saturated rings. The van der Waals surface area contributed by atoms with E-state index in [-0.39, 0.29) is 0 Å². The number of nitrogens with zero attached hydrogens (tertiary/aromatic N) is 5. The third-order valence-electron chi connectivity index (χ3n) is 2.61. The van der Waals surface area contributed by atoms with Crippen molar-refractivity contribution < 1.29 is 0 Å². The Kier molecular flexibility index (Phi) is 3.82. The summed E-state index contributed by atoms with van der Waals surface area (Å²) in [5, 5.41) is 16.8. The van der Waals surface area contributed by atoms with E-state index in [1.54, 1.807) is 12.3 Å². The highest BCUT2D eigenvalue weighted by atomic mass is 15.2. The highest BCUT2D eigenvalue weighted by Gasteiger charge is 2.09. The van der Waals surface area contributed by atoms with Crippen molar-refractivity contribution in [2.24, 2.45) is 0 Å². The first-order chi connectivity index (χ1) is 8.81. The number of rotatable bonds is 4. The molecule has 5 nitrogen and oxygen atoms in total. The van der Waals surface area contributed by atoms with Gasteiger partial charge in [-0.15, -0.1) is 5.10 Å². The van der Waals surface area contributed by atoms with E-state index in [1.807, 2.05) is 30.1 Å².